The normalized spacial score (nSPS) is 14.7. The zero-order valence-electron chi connectivity index (χ0n) is 15.4. The average Bonchev–Trinajstić information content (AvgIpc) is 2.34. The Labute approximate surface area is 140 Å². The van der Waals surface area contributed by atoms with Gasteiger partial charge in [-0.15, -0.1) is 11.5 Å². The topological polar surface area (TPSA) is 86.6 Å². The Morgan fingerprint density at radius 3 is 2.13 bits per heavy atom. The number of rotatable bonds is 6. The molecule has 0 aliphatic rings. The molecule has 0 aromatic carbocycles. The number of aliphatic carboxylic acids is 1. The average molecular weight is 342 g/mol. The van der Waals surface area contributed by atoms with Gasteiger partial charge in [0.2, 0.25) is 5.91 Å². The fourth-order valence-corrected chi connectivity index (χ4v) is 2.50. The molecule has 0 saturated heterocycles. The summed E-state index contributed by atoms with van der Waals surface area (Å²) in [6.07, 6.45) is -0.847. The lowest BCUT2D eigenvalue weighted by Gasteiger charge is -2.31. The van der Waals surface area contributed by atoms with E-state index in [1.807, 2.05) is 13.8 Å². The van der Waals surface area contributed by atoms with Crippen molar-refractivity contribution in [2.24, 2.45) is 5.92 Å². The molecule has 0 saturated carbocycles. The number of carboxylic acids is 1. The first kappa shape index (κ1) is 21.7. The van der Waals surface area contributed by atoms with E-state index in [4.69, 9.17) is 0 Å². The van der Waals surface area contributed by atoms with Gasteiger partial charge in [-0.1, -0.05) is 47.7 Å². The van der Waals surface area contributed by atoms with E-state index in [0.29, 0.717) is 6.42 Å². The summed E-state index contributed by atoms with van der Waals surface area (Å²) in [5.74, 6) is 1.29. The van der Waals surface area contributed by atoms with Gasteiger partial charge in [0.15, 0.2) is 0 Å². The maximum atomic E-state index is 11.8. The van der Waals surface area contributed by atoms with Gasteiger partial charge < -0.3 is 15.5 Å². The Morgan fingerprint density at radius 2 is 1.74 bits per heavy atom. The smallest absolute Gasteiger partial charge is 0.327 e. The van der Waals surface area contributed by atoms with Crippen LogP contribution < -0.4 is 5.32 Å². The van der Waals surface area contributed by atoms with Crippen molar-refractivity contribution in [3.05, 3.63) is 0 Å². The van der Waals surface area contributed by atoms with Crippen LogP contribution in [0.1, 0.15) is 47.5 Å². The third-order valence-corrected chi connectivity index (χ3v) is 8.75. The van der Waals surface area contributed by atoms with Crippen LogP contribution in [-0.2, 0) is 9.59 Å². The fraction of sp³-hybridized carbons (Fsp3) is 0.765. The molecule has 0 unspecified atom stereocenters. The van der Waals surface area contributed by atoms with Crippen LogP contribution in [-0.4, -0.2) is 42.3 Å². The molecule has 0 bridgehead atoms. The van der Waals surface area contributed by atoms with Crippen molar-refractivity contribution < 1.29 is 19.8 Å². The first-order valence-corrected chi connectivity index (χ1v) is 11.0. The lowest BCUT2D eigenvalue weighted by atomic mass is 10.1. The third-order valence-electron chi connectivity index (χ3n) is 4.19. The first-order chi connectivity index (χ1) is 10.3. The third kappa shape index (κ3) is 7.66. The number of carboxylic acid groups (broad SMARTS) is 1. The minimum absolute atomic E-state index is 0.0436. The van der Waals surface area contributed by atoms with Crippen molar-refractivity contribution in [3.8, 4) is 11.5 Å². The largest absolute Gasteiger partial charge is 0.480 e. The van der Waals surface area contributed by atoms with Gasteiger partial charge in [0.1, 0.15) is 20.2 Å². The Bertz CT molecular complexity index is 483. The number of hydrogen-bond donors (Lipinski definition) is 3. The number of amides is 1. The van der Waals surface area contributed by atoms with Gasteiger partial charge in [-0.25, -0.2) is 4.79 Å². The van der Waals surface area contributed by atoms with Crippen LogP contribution in [0.15, 0.2) is 0 Å². The summed E-state index contributed by atoms with van der Waals surface area (Å²) in [6.45, 7) is 14.4. The van der Waals surface area contributed by atoms with E-state index in [2.05, 4.69) is 50.6 Å². The summed E-state index contributed by atoms with van der Waals surface area (Å²) in [7, 11) is -1.81. The van der Waals surface area contributed by atoms with E-state index < -0.39 is 32.1 Å². The van der Waals surface area contributed by atoms with Gasteiger partial charge in [-0.3, -0.25) is 4.79 Å². The second-order valence-electron chi connectivity index (χ2n) is 7.93. The van der Waals surface area contributed by atoms with E-state index in [1.165, 1.54) is 0 Å². The highest BCUT2D eigenvalue weighted by atomic mass is 28.3. The Morgan fingerprint density at radius 1 is 1.22 bits per heavy atom. The molecule has 2 atom stereocenters. The predicted molar refractivity (Wildman–Crippen MR) is 94.6 cm³/mol. The van der Waals surface area contributed by atoms with Gasteiger partial charge in [-0.2, -0.15) is 0 Å². The molecule has 0 aliphatic heterocycles. The molecule has 132 valence electrons. The van der Waals surface area contributed by atoms with Crippen molar-refractivity contribution in [2.45, 2.75) is 77.7 Å². The van der Waals surface area contributed by atoms with Crippen molar-refractivity contribution in [2.75, 3.05) is 0 Å². The van der Waals surface area contributed by atoms with Crippen LogP contribution in [0.5, 0.6) is 0 Å². The van der Waals surface area contributed by atoms with E-state index in [1.54, 1.807) is 0 Å². The van der Waals surface area contributed by atoms with Crippen molar-refractivity contribution >= 4 is 20.0 Å². The van der Waals surface area contributed by atoms with Crippen LogP contribution in [0.3, 0.4) is 0 Å². The van der Waals surface area contributed by atoms with Gasteiger partial charge >= 0.3 is 5.97 Å². The molecule has 0 spiro atoms. The van der Waals surface area contributed by atoms with Crippen LogP contribution >= 0.6 is 0 Å². The van der Waals surface area contributed by atoms with Crippen molar-refractivity contribution in [1.82, 2.24) is 5.32 Å². The Balaban J connectivity index is 4.87. The van der Waals surface area contributed by atoms with Crippen molar-refractivity contribution in [3.63, 3.8) is 0 Å². The molecular weight excluding hydrogens is 310 g/mol. The molecule has 23 heavy (non-hydrogen) atoms. The minimum Gasteiger partial charge on any atom is -0.480 e. The van der Waals surface area contributed by atoms with Gasteiger partial charge in [0.25, 0.3) is 0 Å². The number of aliphatic hydroxyl groups is 1. The predicted octanol–water partition coefficient (Wildman–Crippen LogP) is 2.40. The summed E-state index contributed by atoms with van der Waals surface area (Å²) >= 11 is 0. The number of nitrogens with one attached hydrogen (secondary N) is 1. The lowest BCUT2D eigenvalue weighted by Crippen LogP contribution is -2.45. The molecule has 0 aliphatic carbocycles. The molecular formula is C17H31NO4Si. The summed E-state index contributed by atoms with van der Waals surface area (Å²) in [5, 5.41) is 21.4. The number of carbonyl (C=O) groups is 2. The molecule has 0 fully saturated rings. The van der Waals surface area contributed by atoms with Crippen LogP contribution in [0.25, 0.3) is 0 Å². The van der Waals surface area contributed by atoms with E-state index in [-0.39, 0.29) is 17.4 Å². The molecule has 1 amide bonds. The Kier molecular flexibility index (Phi) is 8.02. The molecule has 0 radical (unpaired) electrons. The van der Waals surface area contributed by atoms with Gasteiger partial charge in [-0.05, 0) is 17.4 Å². The molecule has 0 heterocycles. The maximum absolute atomic E-state index is 11.8. The second-order valence-corrected chi connectivity index (χ2v) is 12.9. The van der Waals surface area contributed by atoms with Crippen LogP contribution in [0.4, 0.5) is 0 Å². The van der Waals surface area contributed by atoms with E-state index >= 15 is 0 Å². The Hall–Kier alpha value is -1.32. The molecule has 3 N–H and O–H groups in total. The quantitative estimate of drug-likeness (QED) is 0.511. The van der Waals surface area contributed by atoms with Crippen molar-refractivity contribution in [1.29, 1.82) is 0 Å². The van der Waals surface area contributed by atoms with Crippen LogP contribution in [0, 0.1) is 17.4 Å². The molecule has 0 aromatic rings. The standard InChI is InChI=1S/C17H31NO4Si/c1-12(2)11-14(19)15(20)18-13(16(21)22)9-8-10-23(6,7)17(3,4)5/h12-14,19H,9,11H2,1-7H3,(H,18,20)(H,21,22)/t13-,14+/m0/s1. The van der Waals surface area contributed by atoms with E-state index in [9.17, 15) is 19.8 Å². The van der Waals surface area contributed by atoms with Crippen LogP contribution in [0.2, 0.25) is 18.1 Å². The fourth-order valence-electron chi connectivity index (χ4n) is 1.58. The highest BCUT2D eigenvalue weighted by Gasteiger charge is 2.33. The van der Waals surface area contributed by atoms with Gasteiger partial charge in [0, 0.05) is 6.42 Å². The molecule has 6 heteroatoms. The monoisotopic (exact) mass is 341 g/mol. The zero-order valence-corrected chi connectivity index (χ0v) is 16.4. The number of hydrogen-bond acceptors (Lipinski definition) is 3. The summed E-state index contributed by atoms with van der Waals surface area (Å²) < 4.78 is 0. The summed E-state index contributed by atoms with van der Waals surface area (Å²) in [6, 6.07) is -1.10. The molecule has 0 rings (SSSR count). The highest BCUT2D eigenvalue weighted by Crippen LogP contribution is 2.35. The van der Waals surface area contributed by atoms with E-state index in [0.717, 1.165) is 0 Å². The second kappa shape index (κ2) is 8.51. The first-order valence-electron chi connectivity index (χ1n) is 7.99. The summed E-state index contributed by atoms with van der Waals surface area (Å²) in [4.78, 5) is 23.1. The minimum atomic E-state index is -1.81. The maximum Gasteiger partial charge on any atom is 0.327 e. The molecule has 5 nitrogen and oxygen atoms in total. The molecule has 0 aromatic heterocycles. The lowest BCUT2D eigenvalue weighted by molar-refractivity contribution is -0.143. The van der Waals surface area contributed by atoms with Gasteiger partial charge in [0.05, 0.1) is 0 Å². The zero-order chi connectivity index (χ0) is 18.4. The number of aliphatic hydroxyl groups excluding tert-OH is 1. The SMILES string of the molecule is CC(C)C[C@@H](O)C(=O)N[C@@H](CC#C[Si](C)(C)C(C)(C)C)C(=O)O. The summed E-state index contributed by atoms with van der Waals surface area (Å²) in [5.41, 5.74) is 3.23. The highest BCUT2D eigenvalue weighted by molar-refractivity contribution is 6.87. The number of carbonyl (C=O) groups excluding carboxylic acids is 1.